The molecule has 0 unspecified atom stereocenters. The molecule has 0 spiro atoms. The summed E-state index contributed by atoms with van der Waals surface area (Å²) in [6.07, 6.45) is 0. The van der Waals surface area contributed by atoms with E-state index in [1.54, 1.807) is 12.1 Å². The van der Waals surface area contributed by atoms with Gasteiger partial charge in [0.25, 0.3) is 0 Å². The second-order valence-corrected chi connectivity index (χ2v) is 6.64. The summed E-state index contributed by atoms with van der Waals surface area (Å²) >= 11 is 24.2. The van der Waals surface area contributed by atoms with Gasteiger partial charge in [-0.3, -0.25) is 0 Å². The molecule has 0 saturated carbocycles. The maximum Gasteiger partial charge on any atom is 0.0426 e. The van der Waals surface area contributed by atoms with Crippen LogP contribution in [0.4, 0.5) is 0 Å². The van der Waals surface area contributed by atoms with Crippen LogP contribution in [0.1, 0.15) is 0 Å². The van der Waals surface area contributed by atoms with Gasteiger partial charge in [-0.25, -0.2) is 0 Å². The van der Waals surface area contributed by atoms with Gasteiger partial charge in [-0.1, -0.05) is 70.7 Å². The van der Waals surface area contributed by atoms with E-state index in [1.165, 1.54) is 0 Å². The molecule has 22 heavy (non-hydrogen) atoms. The zero-order valence-electron chi connectivity index (χ0n) is 11.3. The van der Waals surface area contributed by atoms with E-state index in [0.717, 1.165) is 22.3 Å². The van der Waals surface area contributed by atoms with Crippen molar-refractivity contribution < 1.29 is 0 Å². The molecule has 110 valence electrons. The number of halogens is 4. The first-order valence-corrected chi connectivity index (χ1v) is 8.05. The highest BCUT2D eigenvalue weighted by Crippen LogP contribution is 2.31. The van der Waals surface area contributed by atoms with Gasteiger partial charge in [0.2, 0.25) is 0 Å². The Morgan fingerprint density at radius 3 is 0.909 bits per heavy atom. The molecule has 0 fully saturated rings. The summed E-state index contributed by atoms with van der Waals surface area (Å²) in [5.41, 5.74) is 4.05. The Balaban J connectivity index is 1.98. The first-order chi connectivity index (χ1) is 10.5. The Kier molecular flexibility index (Phi) is 4.65. The zero-order valence-corrected chi connectivity index (χ0v) is 14.3. The van der Waals surface area contributed by atoms with Crippen molar-refractivity contribution in [2.45, 2.75) is 0 Å². The lowest BCUT2D eigenvalue weighted by Crippen LogP contribution is -1.82. The lowest BCUT2D eigenvalue weighted by atomic mass is 10.0. The molecule has 0 bridgehead atoms. The van der Waals surface area contributed by atoms with Crippen LogP contribution in [0.5, 0.6) is 0 Å². The minimum Gasteiger partial charge on any atom is -0.0843 e. The Hall–Kier alpha value is -1.18. The fourth-order valence-electron chi connectivity index (χ4n) is 2.30. The molecular weight excluding hydrogens is 358 g/mol. The smallest absolute Gasteiger partial charge is 0.0426 e. The van der Waals surface area contributed by atoms with Crippen LogP contribution in [0.25, 0.3) is 22.3 Å². The lowest BCUT2D eigenvalue weighted by molar-refractivity contribution is 1.59. The molecule has 3 aromatic carbocycles. The zero-order chi connectivity index (χ0) is 15.7. The van der Waals surface area contributed by atoms with E-state index < -0.39 is 0 Å². The van der Waals surface area contributed by atoms with E-state index in [-0.39, 0.29) is 0 Å². The third-order valence-corrected chi connectivity index (χ3v) is 4.15. The second-order valence-electron chi connectivity index (χ2n) is 4.89. The molecule has 0 amide bonds. The van der Waals surface area contributed by atoms with E-state index >= 15 is 0 Å². The van der Waals surface area contributed by atoms with Gasteiger partial charge in [0, 0.05) is 20.1 Å². The van der Waals surface area contributed by atoms with E-state index in [1.807, 2.05) is 48.5 Å². The largest absolute Gasteiger partial charge is 0.0843 e. The number of hydrogen-bond acceptors (Lipinski definition) is 0. The van der Waals surface area contributed by atoms with Gasteiger partial charge in [-0.2, -0.15) is 0 Å². The Morgan fingerprint density at radius 2 is 0.636 bits per heavy atom. The molecule has 0 aliphatic rings. The van der Waals surface area contributed by atoms with Crippen molar-refractivity contribution >= 4 is 46.4 Å². The van der Waals surface area contributed by atoms with Crippen molar-refractivity contribution in [2.24, 2.45) is 0 Å². The predicted molar refractivity (Wildman–Crippen MR) is 97.4 cm³/mol. The quantitative estimate of drug-likeness (QED) is 0.436. The molecule has 0 heterocycles. The van der Waals surface area contributed by atoms with Crippen molar-refractivity contribution in [3.63, 3.8) is 0 Å². The topological polar surface area (TPSA) is 0 Å². The number of rotatable bonds is 2. The molecule has 3 rings (SSSR count). The number of hydrogen-bond donors (Lipinski definition) is 0. The van der Waals surface area contributed by atoms with Crippen molar-refractivity contribution in [3.05, 3.63) is 80.8 Å². The molecular formula is C18H10Cl4. The van der Waals surface area contributed by atoms with Crippen LogP contribution in [0.2, 0.25) is 20.1 Å². The molecule has 0 N–H and O–H groups in total. The molecule has 0 radical (unpaired) electrons. The van der Waals surface area contributed by atoms with Gasteiger partial charge in [0.15, 0.2) is 0 Å². The van der Waals surface area contributed by atoms with Crippen molar-refractivity contribution in [1.82, 2.24) is 0 Å². The van der Waals surface area contributed by atoms with Gasteiger partial charge in [0.1, 0.15) is 0 Å². The van der Waals surface area contributed by atoms with Gasteiger partial charge < -0.3 is 0 Å². The van der Waals surface area contributed by atoms with Crippen LogP contribution in [-0.4, -0.2) is 0 Å². The molecule has 0 aliphatic heterocycles. The Morgan fingerprint density at radius 1 is 0.364 bits per heavy atom. The maximum absolute atomic E-state index is 6.05. The van der Waals surface area contributed by atoms with E-state index in [9.17, 15) is 0 Å². The highest BCUT2D eigenvalue weighted by molar-refractivity contribution is 6.35. The third kappa shape index (κ3) is 3.59. The first kappa shape index (κ1) is 15.7. The third-order valence-electron chi connectivity index (χ3n) is 3.28. The minimum atomic E-state index is 0.619. The molecule has 0 atom stereocenters. The Labute approximate surface area is 149 Å². The van der Waals surface area contributed by atoms with Crippen LogP contribution in [-0.2, 0) is 0 Å². The van der Waals surface area contributed by atoms with Gasteiger partial charge in [-0.05, 0) is 58.7 Å². The summed E-state index contributed by atoms with van der Waals surface area (Å²) in [5, 5.41) is 2.47. The molecule has 4 heteroatoms. The van der Waals surface area contributed by atoms with Crippen molar-refractivity contribution in [1.29, 1.82) is 0 Å². The average Bonchev–Trinajstić information content (AvgIpc) is 2.45. The SMILES string of the molecule is Clc1cc(Cl)cc(-c2ccc(-c3cc(Cl)cc(Cl)c3)cc2)c1. The van der Waals surface area contributed by atoms with Crippen molar-refractivity contribution in [3.8, 4) is 22.3 Å². The van der Waals surface area contributed by atoms with Crippen LogP contribution in [0.3, 0.4) is 0 Å². The van der Waals surface area contributed by atoms with Gasteiger partial charge in [0.05, 0.1) is 0 Å². The highest BCUT2D eigenvalue weighted by Gasteiger charge is 2.04. The minimum absolute atomic E-state index is 0.619. The standard InChI is InChI=1S/C18H10Cl4/c19-15-5-13(6-16(20)9-15)11-1-2-12(4-3-11)14-7-17(21)10-18(22)8-14/h1-10H. The summed E-state index contributed by atoms with van der Waals surface area (Å²) < 4.78 is 0. The van der Waals surface area contributed by atoms with Crippen molar-refractivity contribution in [2.75, 3.05) is 0 Å². The van der Waals surface area contributed by atoms with Crippen LogP contribution in [0, 0.1) is 0 Å². The first-order valence-electron chi connectivity index (χ1n) is 6.54. The van der Waals surface area contributed by atoms with E-state index in [4.69, 9.17) is 46.4 Å². The molecule has 0 nitrogen and oxygen atoms in total. The summed E-state index contributed by atoms with van der Waals surface area (Å²) in [6.45, 7) is 0. The van der Waals surface area contributed by atoms with E-state index in [2.05, 4.69) is 0 Å². The molecule has 0 aromatic heterocycles. The molecule has 3 aromatic rings. The highest BCUT2D eigenvalue weighted by atomic mass is 35.5. The summed E-state index contributed by atoms with van der Waals surface area (Å²) in [7, 11) is 0. The summed E-state index contributed by atoms with van der Waals surface area (Å²) in [4.78, 5) is 0. The molecule has 0 aliphatic carbocycles. The normalized spacial score (nSPS) is 10.7. The predicted octanol–water partition coefficient (Wildman–Crippen LogP) is 7.63. The lowest BCUT2D eigenvalue weighted by Gasteiger charge is -2.07. The monoisotopic (exact) mass is 366 g/mol. The van der Waals surface area contributed by atoms with E-state index in [0.29, 0.717) is 20.1 Å². The maximum atomic E-state index is 6.05. The number of benzene rings is 3. The van der Waals surface area contributed by atoms with Gasteiger partial charge >= 0.3 is 0 Å². The van der Waals surface area contributed by atoms with Crippen LogP contribution in [0.15, 0.2) is 60.7 Å². The molecule has 0 saturated heterocycles. The average molecular weight is 368 g/mol. The second kappa shape index (κ2) is 6.52. The fourth-order valence-corrected chi connectivity index (χ4v) is 3.35. The Bertz CT molecular complexity index is 712. The fraction of sp³-hybridized carbons (Fsp3) is 0. The van der Waals surface area contributed by atoms with Crippen LogP contribution < -0.4 is 0 Å². The van der Waals surface area contributed by atoms with Crippen LogP contribution >= 0.6 is 46.4 Å². The summed E-state index contributed by atoms with van der Waals surface area (Å²) in [6, 6.07) is 19.1. The summed E-state index contributed by atoms with van der Waals surface area (Å²) in [5.74, 6) is 0. The van der Waals surface area contributed by atoms with Gasteiger partial charge in [-0.15, -0.1) is 0 Å².